The normalized spacial score (nSPS) is 12.9. The molecule has 0 amide bonds. The quantitative estimate of drug-likeness (QED) is 0.836. The molecule has 0 saturated heterocycles. The van der Waals surface area contributed by atoms with E-state index in [4.69, 9.17) is 10.5 Å². The first kappa shape index (κ1) is 15.3. The third kappa shape index (κ3) is 4.44. The molecule has 7 heteroatoms. The molecular formula is C12H14F3NO3. The van der Waals surface area contributed by atoms with E-state index in [0.29, 0.717) is 0 Å². The summed E-state index contributed by atoms with van der Waals surface area (Å²) >= 11 is 0. The van der Waals surface area contributed by atoms with Crippen molar-refractivity contribution in [2.24, 2.45) is 5.73 Å². The van der Waals surface area contributed by atoms with E-state index in [2.05, 4.69) is 4.74 Å². The fraction of sp³-hybridized carbons (Fsp3) is 0.417. The van der Waals surface area contributed by atoms with Gasteiger partial charge in [0.2, 0.25) is 0 Å². The Balaban J connectivity index is 2.62. The lowest BCUT2D eigenvalue weighted by Gasteiger charge is -2.14. The minimum absolute atomic E-state index is 0.0683. The summed E-state index contributed by atoms with van der Waals surface area (Å²) in [6.45, 7) is -0.108. The standard InChI is InChI=1S/C12H14F3NO3/c1-18-11(17)9(16)6-7-19-10-5-3-2-4-8(10)12(13,14)15/h2-5,9H,6-7,16H2,1H3. The van der Waals surface area contributed by atoms with Crippen LogP contribution in [0.15, 0.2) is 24.3 Å². The summed E-state index contributed by atoms with van der Waals surface area (Å²) in [4.78, 5) is 11.0. The van der Waals surface area contributed by atoms with Crippen LogP contribution in [0.5, 0.6) is 5.75 Å². The Labute approximate surface area is 108 Å². The highest BCUT2D eigenvalue weighted by atomic mass is 19.4. The van der Waals surface area contributed by atoms with Crippen molar-refractivity contribution in [2.45, 2.75) is 18.6 Å². The van der Waals surface area contributed by atoms with Gasteiger partial charge in [-0.3, -0.25) is 4.79 Å². The van der Waals surface area contributed by atoms with E-state index in [-0.39, 0.29) is 18.8 Å². The van der Waals surface area contributed by atoms with Gasteiger partial charge >= 0.3 is 12.1 Å². The van der Waals surface area contributed by atoms with Crippen LogP contribution >= 0.6 is 0 Å². The average molecular weight is 277 g/mol. The number of carbonyl (C=O) groups excluding carboxylic acids is 1. The highest BCUT2D eigenvalue weighted by molar-refractivity contribution is 5.75. The highest BCUT2D eigenvalue weighted by Crippen LogP contribution is 2.35. The molecule has 0 heterocycles. The predicted molar refractivity (Wildman–Crippen MR) is 61.5 cm³/mol. The molecule has 0 spiro atoms. The van der Waals surface area contributed by atoms with E-state index < -0.39 is 23.8 Å². The van der Waals surface area contributed by atoms with Gasteiger partial charge < -0.3 is 15.2 Å². The second-order valence-corrected chi connectivity index (χ2v) is 3.76. The predicted octanol–water partition coefficient (Wildman–Crippen LogP) is 1.97. The number of alkyl halides is 3. The zero-order chi connectivity index (χ0) is 14.5. The van der Waals surface area contributed by atoms with Crippen LogP contribution in [0, 0.1) is 0 Å². The van der Waals surface area contributed by atoms with Crippen LogP contribution in [0.4, 0.5) is 13.2 Å². The molecule has 0 radical (unpaired) electrons. The topological polar surface area (TPSA) is 61.5 Å². The molecule has 0 aliphatic rings. The van der Waals surface area contributed by atoms with Crippen molar-refractivity contribution in [3.8, 4) is 5.75 Å². The number of halogens is 3. The summed E-state index contributed by atoms with van der Waals surface area (Å²) in [7, 11) is 1.18. The van der Waals surface area contributed by atoms with Gasteiger partial charge in [0.05, 0.1) is 19.3 Å². The van der Waals surface area contributed by atoms with Gasteiger partial charge in [-0.15, -0.1) is 0 Å². The minimum atomic E-state index is -4.49. The fourth-order valence-electron chi connectivity index (χ4n) is 1.39. The molecule has 1 aromatic rings. The third-order valence-electron chi connectivity index (χ3n) is 2.38. The maximum absolute atomic E-state index is 12.6. The van der Waals surface area contributed by atoms with Crippen molar-refractivity contribution in [3.63, 3.8) is 0 Å². The number of methoxy groups -OCH3 is 1. The van der Waals surface area contributed by atoms with Crippen LogP contribution in [0.1, 0.15) is 12.0 Å². The Kier molecular flexibility index (Phi) is 5.17. The van der Waals surface area contributed by atoms with Crippen LogP contribution in [0.3, 0.4) is 0 Å². The molecular weight excluding hydrogens is 263 g/mol. The molecule has 0 fully saturated rings. The van der Waals surface area contributed by atoms with Crippen LogP contribution in [-0.4, -0.2) is 25.7 Å². The minimum Gasteiger partial charge on any atom is -0.493 e. The summed E-state index contributed by atoms with van der Waals surface area (Å²) in [5.74, 6) is -0.917. The molecule has 106 valence electrons. The van der Waals surface area contributed by atoms with Crippen LogP contribution in [0.25, 0.3) is 0 Å². The molecule has 0 aromatic heterocycles. The fourth-order valence-corrected chi connectivity index (χ4v) is 1.39. The molecule has 4 nitrogen and oxygen atoms in total. The van der Waals surface area contributed by atoms with Gasteiger partial charge in [-0.05, 0) is 12.1 Å². The first-order valence-electron chi connectivity index (χ1n) is 5.48. The lowest BCUT2D eigenvalue weighted by molar-refractivity contribution is -0.143. The maximum Gasteiger partial charge on any atom is 0.419 e. The van der Waals surface area contributed by atoms with E-state index in [1.807, 2.05) is 0 Å². The lowest BCUT2D eigenvalue weighted by atomic mass is 10.2. The van der Waals surface area contributed by atoms with Crippen molar-refractivity contribution in [1.29, 1.82) is 0 Å². The summed E-state index contributed by atoms with van der Waals surface area (Å²) in [6, 6.07) is 3.94. The number of nitrogens with two attached hydrogens (primary N) is 1. The molecule has 0 aliphatic carbocycles. The first-order valence-corrected chi connectivity index (χ1v) is 5.48. The Hall–Kier alpha value is -1.76. The number of ether oxygens (including phenoxy) is 2. The Bertz CT molecular complexity index is 434. The van der Waals surface area contributed by atoms with E-state index >= 15 is 0 Å². The number of esters is 1. The number of para-hydroxylation sites is 1. The van der Waals surface area contributed by atoms with E-state index in [0.717, 1.165) is 6.07 Å². The number of hydrogen-bond donors (Lipinski definition) is 1. The second kappa shape index (κ2) is 6.42. The van der Waals surface area contributed by atoms with E-state index in [1.165, 1.54) is 25.3 Å². The molecule has 0 aliphatic heterocycles. The van der Waals surface area contributed by atoms with Crippen molar-refractivity contribution in [2.75, 3.05) is 13.7 Å². The van der Waals surface area contributed by atoms with Gasteiger partial charge in [-0.25, -0.2) is 0 Å². The molecule has 1 aromatic carbocycles. The van der Waals surface area contributed by atoms with Crippen molar-refractivity contribution in [1.82, 2.24) is 0 Å². The van der Waals surface area contributed by atoms with Gasteiger partial charge in [0, 0.05) is 6.42 Å². The number of benzene rings is 1. The number of hydrogen-bond acceptors (Lipinski definition) is 4. The average Bonchev–Trinajstić information content (AvgIpc) is 2.37. The Morgan fingerprint density at radius 2 is 2.00 bits per heavy atom. The second-order valence-electron chi connectivity index (χ2n) is 3.76. The van der Waals surface area contributed by atoms with Gasteiger partial charge in [0.1, 0.15) is 11.8 Å². The van der Waals surface area contributed by atoms with Crippen molar-refractivity contribution < 1.29 is 27.4 Å². The number of carbonyl (C=O) groups is 1. The van der Waals surface area contributed by atoms with Crippen LogP contribution in [-0.2, 0) is 15.7 Å². The molecule has 0 saturated carbocycles. The summed E-state index contributed by atoms with van der Waals surface area (Å²) in [5, 5.41) is 0. The lowest BCUT2D eigenvalue weighted by Crippen LogP contribution is -2.33. The van der Waals surface area contributed by atoms with Crippen molar-refractivity contribution >= 4 is 5.97 Å². The van der Waals surface area contributed by atoms with Gasteiger partial charge in [-0.1, -0.05) is 12.1 Å². The largest absolute Gasteiger partial charge is 0.493 e. The Morgan fingerprint density at radius 1 is 1.37 bits per heavy atom. The maximum atomic E-state index is 12.6. The molecule has 1 atom stereocenters. The first-order chi connectivity index (χ1) is 8.86. The summed E-state index contributed by atoms with van der Waals surface area (Å²) in [5.41, 5.74) is 4.58. The van der Waals surface area contributed by atoms with E-state index in [9.17, 15) is 18.0 Å². The number of rotatable bonds is 5. The smallest absolute Gasteiger partial charge is 0.419 e. The van der Waals surface area contributed by atoms with Crippen LogP contribution < -0.4 is 10.5 Å². The van der Waals surface area contributed by atoms with Gasteiger partial charge in [-0.2, -0.15) is 13.2 Å². The molecule has 1 unspecified atom stereocenters. The third-order valence-corrected chi connectivity index (χ3v) is 2.38. The zero-order valence-electron chi connectivity index (χ0n) is 10.2. The monoisotopic (exact) mass is 277 g/mol. The molecule has 0 bridgehead atoms. The summed E-state index contributed by atoms with van der Waals surface area (Å²) < 4.78 is 47.3. The Morgan fingerprint density at radius 3 is 2.58 bits per heavy atom. The highest BCUT2D eigenvalue weighted by Gasteiger charge is 2.34. The molecule has 19 heavy (non-hydrogen) atoms. The van der Waals surface area contributed by atoms with Crippen molar-refractivity contribution in [3.05, 3.63) is 29.8 Å². The summed E-state index contributed by atoms with van der Waals surface area (Å²) in [6.07, 6.45) is -4.42. The van der Waals surface area contributed by atoms with Gasteiger partial charge in [0.15, 0.2) is 0 Å². The van der Waals surface area contributed by atoms with E-state index in [1.54, 1.807) is 0 Å². The zero-order valence-corrected chi connectivity index (χ0v) is 10.2. The molecule has 1 rings (SSSR count). The van der Waals surface area contributed by atoms with Crippen LogP contribution in [0.2, 0.25) is 0 Å². The van der Waals surface area contributed by atoms with Gasteiger partial charge in [0.25, 0.3) is 0 Å². The molecule has 2 N–H and O–H groups in total. The SMILES string of the molecule is COC(=O)C(N)CCOc1ccccc1C(F)(F)F.